The molecule has 2 atom stereocenters. The molecule has 33 heavy (non-hydrogen) atoms. The number of hydrogen-bond acceptors (Lipinski definition) is 2. The van der Waals surface area contributed by atoms with Crippen molar-refractivity contribution in [2.45, 2.75) is 57.5 Å². The van der Waals surface area contributed by atoms with Crippen molar-refractivity contribution < 1.29 is 27.0 Å². The summed E-state index contributed by atoms with van der Waals surface area (Å²) in [5.41, 5.74) is -0.300. The molecule has 2 unspecified atom stereocenters. The molecule has 1 aliphatic carbocycles. The van der Waals surface area contributed by atoms with E-state index in [4.69, 9.17) is 9.47 Å². The quantitative estimate of drug-likeness (QED) is 0.326. The lowest BCUT2D eigenvalue weighted by Gasteiger charge is -2.37. The van der Waals surface area contributed by atoms with Gasteiger partial charge >= 0.3 is 0 Å². The Morgan fingerprint density at radius 1 is 0.848 bits per heavy atom. The van der Waals surface area contributed by atoms with Gasteiger partial charge in [-0.05, 0) is 80.9 Å². The largest absolute Gasteiger partial charge is 0.491 e. The molecule has 2 aliphatic rings. The molecule has 0 spiro atoms. The number of benzene rings is 2. The average Bonchev–Trinajstić information content (AvgIpc) is 2.85. The molecular weight excluding hydrogens is 432 g/mol. The molecule has 1 saturated carbocycles. The van der Waals surface area contributed by atoms with Gasteiger partial charge in [-0.3, -0.25) is 0 Å². The molecule has 1 aliphatic heterocycles. The van der Waals surface area contributed by atoms with Crippen LogP contribution >= 0.6 is 0 Å². The van der Waals surface area contributed by atoms with Gasteiger partial charge in [-0.2, -0.15) is 4.39 Å². The van der Waals surface area contributed by atoms with Crippen LogP contribution in [0.4, 0.5) is 17.6 Å². The summed E-state index contributed by atoms with van der Waals surface area (Å²) in [4.78, 5) is 0. The van der Waals surface area contributed by atoms with E-state index in [0.717, 1.165) is 45.1 Å². The van der Waals surface area contributed by atoms with E-state index in [1.807, 2.05) is 6.08 Å². The van der Waals surface area contributed by atoms with Gasteiger partial charge in [0.25, 0.3) is 0 Å². The maximum atomic E-state index is 15.1. The molecule has 0 bridgehead atoms. The van der Waals surface area contributed by atoms with Gasteiger partial charge < -0.3 is 9.47 Å². The van der Waals surface area contributed by atoms with Gasteiger partial charge in [0, 0.05) is 11.1 Å². The van der Waals surface area contributed by atoms with Gasteiger partial charge in [-0.1, -0.05) is 18.2 Å². The molecule has 2 aromatic carbocycles. The van der Waals surface area contributed by atoms with Crippen LogP contribution in [0.5, 0.6) is 5.75 Å². The van der Waals surface area contributed by atoms with Crippen molar-refractivity contribution in [2.24, 2.45) is 11.8 Å². The van der Waals surface area contributed by atoms with E-state index < -0.39 is 23.3 Å². The summed E-state index contributed by atoms with van der Waals surface area (Å²) < 4.78 is 69.7. The first kappa shape index (κ1) is 23.8. The highest BCUT2D eigenvalue weighted by atomic mass is 19.2. The van der Waals surface area contributed by atoms with E-state index in [1.165, 1.54) is 24.3 Å². The van der Waals surface area contributed by atoms with Gasteiger partial charge in [0.2, 0.25) is 5.82 Å². The van der Waals surface area contributed by atoms with Crippen LogP contribution in [0.15, 0.2) is 36.9 Å². The third-order valence-corrected chi connectivity index (χ3v) is 7.24. The Kier molecular flexibility index (Phi) is 7.42. The van der Waals surface area contributed by atoms with Gasteiger partial charge in [-0.25, -0.2) is 13.2 Å². The summed E-state index contributed by atoms with van der Waals surface area (Å²) in [6.07, 6.45) is 7.51. The Morgan fingerprint density at radius 2 is 1.48 bits per heavy atom. The summed E-state index contributed by atoms with van der Waals surface area (Å²) in [7, 11) is 0. The Bertz CT molecular complexity index is 990. The number of rotatable bonds is 6. The van der Waals surface area contributed by atoms with E-state index in [9.17, 15) is 13.2 Å². The minimum absolute atomic E-state index is 0.0860. The monoisotopic (exact) mass is 462 g/mol. The van der Waals surface area contributed by atoms with Crippen LogP contribution in [0.3, 0.4) is 0 Å². The summed E-state index contributed by atoms with van der Waals surface area (Å²) >= 11 is 0. The van der Waals surface area contributed by atoms with Gasteiger partial charge in [0.15, 0.2) is 23.2 Å². The fraction of sp³-hybridized carbons (Fsp3) is 0.481. The molecule has 2 nitrogen and oxygen atoms in total. The van der Waals surface area contributed by atoms with Crippen molar-refractivity contribution >= 4 is 0 Å². The maximum Gasteiger partial charge on any atom is 0.201 e. The lowest BCUT2D eigenvalue weighted by molar-refractivity contribution is -0.0148. The maximum absolute atomic E-state index is 15.1. The molecule has 0 amide bonds. The summed E-state index contributed by atoms with van der Waals surface area (Å²) in [6.45, 7) is 6.33. The second kappa shape index (κ2) is 10.3. The first-order valence-corrected chi connectivity index (χ1v) is 11.8. The van der Waals surface area contributed by atoms with Crippen LogP contribution in [-0.2, 0) is 4.74 Å². The van der Waals surface area contributed by atoms with Gasteiger partial charge in [0.1, 0.15) is 0 Å². The topological polar surface area (TPSA) is 18.5 Å². The van der Waals surface area contributed by atoms with Crippen LogP contribution in [0.25, 0.3) is 11.1 Å². The zero-order valence-corrected chi connectivity index (χ0v) is 18.9. The summed E-state index contributed by atoms with van der Waals surface area (Å²) in [6, 6.07) is 5.32. The summed E-state index contributed by atoms with van der Waals surface area (Å²) in [5, 5.41) is 0. The number of hydrogen-bond donors (Lipinski definition) is 0. The second-order valence-electron chi connectivity index (χ2n) is 9.06. The second-order valence-corrected chi connectivity index (χ2v) is 9.06. The minimum atomic E-state index is -1.25. The lowest BCUT2D eigenvalue weighted by atomic mass is 9.72. The van der Waals surface area contributed by atoms with Gasteiger partial charge in [0.05, 0.1) is 19.3 Å². The Hall–Kier alpha value is -2.34. The van der Waals surface area contributed by atoms with E-state index in [1.54, 1.807) is 6.92 Å². The molecular formula is C27H30F4O2. The van der Waals surface area contributed by atoms with Crippen LogP contribution in [0, 0.1) is 35.1 Å². The van der Waals surface area contributed by atoms with Crippen LogP contribution < -0.4 is 4.74 Å². The van der Waals surface area contributed by atoms with Crippen molar-refractivity contribution in [2.75, 3.05) is 13.2 Å². The fourth-order valence-electron chi connectivity index (χ4n) is 5.35. The highest BCUT2D eigenvalue weighted by Gasteiger charge is 2.33. The van der Waals surface area contributed by atoms with Crippen molar-refractivity contribution in [1.82, 2.24) is 0 Å². The van der Waals surface area contributed by atoms with E-state index in [-0.39, 0.29) is 35.5 Å². The Balaban J connectivity index is 1.48. The van der Waals surface area contributed by atoms with Crippen molar-refractivity contribution in [3.8, 4) is 16.9 Å². The van der Waals surface area contributed by atoms with Crippen molar-refractivity contribution in [3.63, 3.8) is 0 Å². The van der Waals surface area contributed by atoms with E-state index in [0.29, 0.717) is 17.4 Å². The average molecular weight is 463 g/mol. The smallest absolute Gasteiger partial charge is 0.201 e. The molecule has 2 fully saturated rings. The van der Waals surface area contributed by atoms with E-state index in [2.05, 4.69) is 6.58 Å². The molecule has 6 heteroatoms. The molecule has 2 aromatic rings. The lowest BCUT2D eigenvalue weighted by Crippen LogP contribution is -2.31. The minimum Gasteiger partial charge on any atom is -0.491 e. The Morgan fingerprint density at radius 3 is 2.09 bits per heavy atom. The SMILES string of the molecule is C=CC1CCC(C2CCC(c3ccc(-c4ccc(OCC)c(F)c4F)c(F)c3F)CC2)CO1. The highest BCUT2D eigenvalue weighted by molar-refractivity contribution is 5.66. The van der Waals surface area contributed by atoms with Gasteiger partial charge in [-0.15, -0.1) is 6.58 Å². The fourth-order valence-corrected chi connectivity index (χ4v) is 5.35. The molecule has 178 valence electrons. The predicted molar refractivity (Wildman–Crippen MR) is 120 cm³/mol. The molecule has 4 rings (SSSR count). The predicted octanol–water partition coefficient (Wildman–Crippen LogP) is 7.56. The Labute approximate surface area is 192 Å². The first-order chi connectivity index (χ1) is 15.9. The van der Waals surface area contributed by atoms with Crippen molar-refractivity contribution in [1.29, 1.82) is 0 Å². The molecule has 1 saturated heterocycles. The standard InChI is InChI=1S/C27H30F4O2/c1-3-19-10-9-18(15-33-19)16-5-7-17(8-6-16)20-11-12-21(25(29)24(20)28)22-13-14-23(32-4-2)27(31)26(22)30/h3,11-14,16-19H,1,4-10,15H2,2H3. The zero-order valence-electron chi connectivity index (χ0n) is 18.9. The number of halogens is 4. The third-order valence-electron chi connectivity index (χ3n) is 7.24. The first-order valence-electron chi connectivity index (χ1n) is 11.8. The van der Waals surface area contributed by atoms with Crippen molar-refractivity contribution in [3.05, 3.63) is 65.8 Å². The molecule has 1 heterocycles. The van der Waals surface area contributed by atoms with E-state index >= 15 is 4.39 Å². The number of ether oxygens (including phenoxy) is 2. The van der Waals surface area contributed by atoms with Crippen LogP contribution in [0.2, 0.25) is 0 Å². The zero-order chi connectivity index (χ0) is 23.5. The normalized spacial score (nSPS) is 25.6. The molecule has 0 radical (unpaired) electrons. The summed E-state index contributed by atoms with van der Waals surface area (Å²) in [5.74, 6) is -3.88. The third kappa shape index (κ3) is 4.81. The molecule has 0 N–H and O–H groups in total. The molecule has 0 aromatic heterocycles. The highest BCUT2D eigenvalue weighted by Crippen LogP contribution is 2.43. The van der Waals surface area contributed by atoms with Crippen LogP contribution in [-0.4, -0.2) is 19.3 Å². The van der Waals surface area contributed by atoms with Crippen LogP contribution in [0.1, 0.15) is 56.9 Å².